The van der Waals surface area contributed by atoms with Crippen molar-refractivity contribution in [3.63, 3.8) is 0 Å². The molecule has 4 aromatic heterocycles. The molecule has 6 rings (SSSR count). The lowest BCUT2D eigenvalue weighted by atomic mass is 10.1. The second-order valence-corrected chi connectivity index (χ2v) is 8.57. The largest absolute Gasteiger partial charge is 0.353 e. The average molecular weight is 468 g/mol. The molecule has 5 heterocycles. The predicted molar refractivity (Wildman–Crippen MR) is 131 cm³/mol. The van der Waals surface area contributed by atoms with Crippen LogP contribution in [-0.4, -0.2) is 61.1 Å². The third kappa shape index (κ3) is 4.30. The molecule has 0 spiro atoms. The van der Waals surface area contributed by atoms with Gasteiger partial charge in [0.15, 0.2) is 11.5 Å². The average Bonchev–Trinajstić information content (AvgIpc) is 3.55. The summed E-state index contributed by atoms with van der Waals surface area (Å²) >= 11 is 0. The summed E-state index contributed by atoms with van der Waals surface area (Å²) in [6.07, 6.45) is 3.00. The number of aromatic nitrogens is 7. The van der Waals surface area contributed by atoms with Gasteiger partial charge in [-0.2, -0.15) is 9.50 Å². The van der Waals surface area contributed by atoms with Crippen LogP contribution < -0.4 is 9.80 Å². The van der Waals surface area contributed by atoms with Gasteiger partial charge < -0.3 is 14.3 Å². The standard InChI is InChI=1S/C25H25N9O/c1-18-6-2-3-7-19(18)25-27-24(35-31-25)12-11-22-29-28-21-9-10-23(30-34(21)22)33-16-14-32(15-17-33)20-8-4-5-13-26-20/h2-10,13H,11-12,14-17H2,1H3. The van der Waals surface area contributed by atoms with E-state index in [0.29, 0.717) is 24.6 Å². The number of benzene rings is 1. The van der Waals surface area contributed by atoms with E-state index in [1.807, 2.05) is 66.2 Å². The maximum absolute atomic E-state index is 5.49. The van der Waals surface area contributed by atoms with E-state index in [-0.39, 0.29) is 0 Å². The molecular formula is C25H25N9O. The Balaban J connectivity index is 1.14. The molecule has 10 heteroatoms. The molecule has 1 fully saturated rings. The van der Waals surface area contributed by atoms with E-state index in [1.165, 1.54) is 0 Å². The summed E-state index contributed by atoms with van der Waals surface area (Å²) in [5.41, 5.74) is 2.81. The van der Waals surface area contributed by atoms with Gasteiger partial charge in [-0.05, 0) is 36.8 Å². The van der Waals surface area contributed by atoms with Crippen molar-refractivity contribution in [1.82, 2.24) is 34.9 Å². The minimum absolute atomic E-state index is 0.564. The van der Waals surface area contributed by atoms with Gasteiger partial charge in [-0.25, -0.2) is 4.98 Å². The maximum Gasteiger partial charge on any atom is 0.227 e. The maximum atomic E-state index is 5.49. The highest BCUT2D eigenvalue weighted by Crippen LogP contribution is 2.21. The molecule has 1 aliphatic heterocycles. The summed E-state index contributed by atoms with van der Waals surface area (Å²) in [5, 5.41) is 17.6. The lowest BCUT2D eigenvalue weighted by Gasteiger charge is -2.35. The topological polar surface area (TPSA) is 101 Å². The fourth-order valence-electron chi connectivity index (χ4n) is 4.36. The molecule has 35 heavy (non-hydrogen) atoms. The zero-order valence-electron chi connectivity index (χ0n) is 19.4. The molecule has 0 N–H and O–H groups in total. The Kier molecular flexibility index (Phi) is 5.53. The molecule has 5 aromatic rings. The zero-order valence-corrected chi connectivity index (χ0v) is 19.4. The summed E-state index contributed by atoms with van der Waals surface area (Å²) < 4.78 is 7.31. The molecule has 0 radical (unpaired) electrons. The lowest BCUT2D eigenvalue weighted by Crippen LogP contribution is -2.47. The van der Waals surface area contributed by atoms with Gasteiger partial charge in [-0.1, -0.05) is 35.5 Å². The molecule has 0 atom stereocenters. The first-order chi connectivity index (χ1) is 17.2. The molecule has 0 bridgehead atoms. The van der Waals surface area contributed by atoms with Crippen LogP contribution in [0, 0.1) is 6.92 Å². The zero-order chi connectivity index (χ0) is 23.6. The molecule has 176 valence electrons. The van der Waals surface area contributed by atoms with Gasteiger partial charge in [0.05, 0.1) is 0 Å². The molecular weight excluding hydrogens is 442 g/mol. The summed E-state index contributed by atoms with van der Waals surface area (Å²) in [6, 6.07) is 18.0. The Morgan fingerprint density at radius 3 is 2.43 bits per heavy atom. The summed E-state index contributed by atoms with van der Waals surface area (Å²) in [5.74, 6) is 3.88. The van der Waals surface area contributed by atoms with Crippen molar-refractivity contribution in [2.75, 3.05) is 36.0 Å². The van der Waals surface area contributed by atoms with Crippen LogP contribution in [-0.2, 0) is 12.8 Å². The highest BCUT2D eigenvalue weighted by Gasteiger charge is 2.20. The van der Waals surface area contributed by atoms with Crippen LogP contribution >= 0.6 is 0 Å². The van der Waals surface area contributed by atoms with Gasteiger partial charge >= 0.3 is 0 Å². The fraction of sp³-hybridized carbons (Fsp3) is 0.280. The number of hydrogen-bond acceptors (Lipinski definition) is 9. The molecule has 1 aliphatic rings. The Morgan fingerprint density at radius 1 is 0.829 bits per heavy atom. The molecule has 1 aromatic carbocycles. The minimum atomic E-state index is 0.564. The van der Waals surface area contributed by atoms with Gasteiger partial charge in [0.2, 0.25) is 11.7 Å². The van der Waals surface area contributed by atoms with E-state index in [4.69, 9.17) is 9.62 Å². The van der Waals surface area contributed by atoms with Crippen molar-refractivity contribution < 1.29 is 4.52 Å². The molecule has 0 amide bonds. The Hall–Kier alpha value is -4.34. The summed E-state index contributed by atoms with van der Waals surface area (Å²) in [6.45, 7) is 5.57. The minimum Gasteiger partial charge on any atom is -0.353 e. The monoisotopic (exact) mass is 467 g/mol. The lowest BCUT2D eigenvalue weighted by molar-refractivity contribution is 0.377. The number of piperazine rings is 1. The first-order valence-electron chi connectivity index (χ1n) is 11.8. The van der Waals surface area contributed by atoms with Crippen molar-refractivity contribution in [1.29, 1.82) is 0 Å². The van der Waals surface area contributed by atoms with Crippen molar-refractivity contribution in [2.45, 2.75) is 19.8 Å². The third-order valence-electron chi connectivity index (χ3n) is 6.31. The highest BCUT2D eigenvalue weighted by molar-refractivity contribution is 5.59. The number of aryl methyl sites for hydroxylation is 3. The highest BCUT2D eigenvalue weighted by atomic mass is 16.5. The number of nitrogens with zero attached hydrogens (tertiary/aromatic N) is 9. The van der Waals surface area contributed by atoms with Crippen LogP contribution in [0.3, 0.4) is 0 Å². The van der Waals surface area contributed by atoms with Crippen LogP contribution in [0.4, 0.5) is 11.6 Å². The SMILES string of the molecule is Cc1ccccc1-c1noc(CCc2nnc3ccc(N4CCN(c5ccccn5)CC4)nn23)n1. The number of rotatable bonds is 6. The number of anilines is 2. The van der Waals surface area contributed by atoms with Gasteiger partial charge in [0.25, 0.3) is 0 Å². The molecule has 1 saturated heterocycles. The first-order valence-corrected chi connectivity index (χ1v) is 11.8. The van der Waals surface area contributed by atoms with Gasteiger partial charge in [-0.3, -0.25) is 0 Å². The first kappa shape index (κ1) is 21.2. The van der Waals surface area contributed by atoms with Crippen LogP contribution in [0.25, 0.3) is 17.0 Å². The molecule has 0 unspecified atom stereocenters. The van der Waals surface area contributed by atoms with Crippen LogP contribution in [0.15, 0.2) is 65.3 Å². The normalized spacial score (nSPS) is 14.1. The smallest absolute Gasteiger partial charge is 0.227 e. The third-order valence-corrected chi connectivity index (χ3v) is 6.31. The van der Waals surface area contributed by atoms with Crippen molar-refractivity contribution in [3.8, 4) is 11.4 Å². The Labute approximate surface area is 202 Å². The van der Waals surface area contributed by atoms with E-state index in [1.54, 1.807) is 0 Å². The van der Waals surface area contributed by atoms with Gasteiger partial charge in [-0.15, -0.1) is 15.3 Å². The van der Waals surface area contributed by atoms with Gasteiger partial charge in [0.1, 0.15) is 11.6 Å². The summed E-state index contributed by atoms with van der Waals surface area (Å²) in [7, 11) is 0. The van der Waals surface area contributed by atoms with Crippen molar-refractivity contribution in [3.05, 3.63) is 78.1 Å². The number of pyridine rings is 1. The van der Waals surface area contributed by atoms with E-state index >= 15 is 0 Å². The second kappa shape index (κ2) is 9.13. The predicted octanol–water partition coefficient (Wildman–Crippen LogP) is 2.99. The van der Waals surface area contributed by atoms with Crippen molar-refractivity contribution >= 4 is 17.3 Å². The molecule has 10 nitrogen and oxygen atoms in total. The van der Waals surface area contributed by atoms with Crippen molar-refractivity contribution in [2.24, 2.45) is 0 Å². The van der Waals surface area contributed by atoms with Crippen LogP contribution in [0.5, 0.6) is 0 Å². The second-order valence-electron chi connectivity index (χ2n) is 8.57. The van der Waals surface area contributed by atoms with Gasteiger partial charge in [0, 0.05) is 50.8 Å². The molecule has 0 aliphatic carbocycles. The number of hydrogen-bond donors (Lipinski definition) is 0. The Morgan fingerprint density at radius 2 is 1.63 bits per heavy atom. The van der Waals surface area contributed by atoms with E-state index in [2.05, 4.69) is 41.2 Å². The fourth-order valence-corrected chi connectivity index (χ4v) is 4.36. The summed E-state index contributed by atoms with van der Waals surface area (Å²) in [4.78, 5) is 13.6. The quantitative estimate of drug-likeness (QED) is 0.373. The number of fused-ring (bicyclic) bond motifs is 1. The van der Waals surface area contributed by atoms with E-state index < -0.39 is 0 Å². The van der Waals surface area contributed by atoms with Crippen LogP contribution in [0.2, 0.25) is 0 Å². The van der Waals surface area contributed by atoms with E-state index in [0.717, 1.165) is 60.4 Å². The molecule has 0 saturated carbocycles. The van der Waals surface area contributed by atoms with Crippen LogP contribution in [0.1, 0.15) is 17.3 Å². The Bertz CT molecular complexity index is 1440. The van der Waals surface area contributed by atoms with E-state index in [9.17, 15) is 0 Å².